The van der Waals surface area contributed by atoms with Crippen molar-refractivity contribution in [2.45, 2.75) is 38.1 Å². The highest BCUT2D eigenvalue weighted by atomic mass is 16.2. The maximum atomic E-state index is 12.5. The molecule has 1 aliphatic heterocycles. The third-order valence-corrected chi connectivity index (χ3v) is 5.55. The maximum Gasteiger partial charge on any atom is 0.243 e. The molecule has 1 aromatic heterocycles. The molecule has 162 valence electrons. The van der Waals surface area contributed by atoms with Crippen LogP contribution in [0.3, 0.4) is 0 Å². The number of rotatable bonds is 7. The van der Waals surface area contributed by atoms with Gasteiger partial charge in [0.1, 0.15) is 0 Å². The topological polar surface area (TPSA) is 105 Å². The van der Waals surface area contributed by atoms with Crippen molar-refractivity contribution in [1.29, 1.82) is 0 Å². The van der Waals surface area contributed by atoms with Crippen LogP contribution in [0.4, 0.5) is 5.69 Å². The predicted molar refractivity (Wildman–Crippen MR) is 119 cm³/mol. The summed E-state index contributed by atoms with van der Waals surface area (Å²) in [6.45, 7) is 0.544. The van der Waals surface area contributed by atoms with E-state index in [1.54, 1.807) is 0 Å². The average molecular weight is 429 g/mol. The van der Waals surface area contributed by atoms with E-state index in [1.807, 2.05) is 59.3 Å². The number of anilines is 1. The Balaban J connectivity index is 1.17. The fourth-order valence-electron chi connectivity index (χ4n) is 3.73. The van der Waals surface area contributed by atoms with Gasteiger partial charge in [0.05, 0.1) is 18.3 Å². The molecular formula is C23H23N7O2. The van der Waals surface area contributed by atoms with Gasteiger partial charge in [-0.2, -0.15) is 5.10 Å². The first-order valence-corrected chi connectivity index (χ1v) is 10.8. The highest BCUT2D eigenvalue weighted by Crippen LogP contribution is 2.36. The molecule has 2 aliphatic rings. The number of nitrogens with zero attached hydrogens (tertiary/aromatic N) is 6. The van der Waals surface area contributed by atoms with Crippen LogP contribution in [-0.4, -0.2) is 49.3 Å². The molecule has 0 bridgehead atoms. The van der Waals surface area contributed by atoms with Crippen molar-refractivity contribution in [1.82, 2.24) is 25.2 Å². The molecule has 5 rings (SSSR count). The SMILES string of the molecule is O=C(CCC(=O)N1CCC(c2ccccc2)=N1)Nc1cccc(-c2nnnn2C2CC2)c1. The Labute approximate surface area is 185 Å². The number of hydrogen-bond acceptors (Lipinski definition) is 6. The smallest absolute Gasteiger partial charge is 0.243 e. The lowest BCUT2D eigenvalue weighted by Gasteiger charge is -2.11. The van der Waals surface area contributed by atoms with E-state index in [1.165, 1.54) is 5.01 Å². The summed E-state index contributed by atoms with van der Waals surface area (Å²) in [6.07, 6.45) is 3.08. The highest BCUT2D eigenvalue weighted by Gasteiger charge is 2.28. The number of tetrazole rings is 1. The summed E-state index contributed by atoms with van der Waals surface area (Å²) in [5.41, 5.74) is 3.41. The van der Waals surface area contributed by atoms with E-state index in [-0.39, 0.29) is 24.7 Å². The second-order valence-electron chi connectivity index (χ2n) is 7.99. The Morgan fingerprint density at radius 2 is 1.81 bits per heavy atom. The number of nitrogens with one attached hydrogen (secondary N) is 1. The monoisotopic (exact) mass is 429 g/mol. The summed E-state index contributed by atoms with van der Waals surface area (Å²) in [5, 5.41) is 20.7. The third kappa shape index (κ3) is 4.41. The van der Waals surface area contributed by atoms with Crippen molar-refractivity contribution in [2.75, 3.05) is 11.9 Å². The molecule has 32 heavy (non-hydrogen) atoms. The van der Waals surface area contributed by atoms with Crippen LogP contribution in [0, 0.1) is 0 Å². The molecule has 2 amide bonds. The molecule has 0 radical (unpaired) electrons. The Morgan fingerprint density at radius 3 is 2.62 bits per heavy atom. The highest BCUT2D eigenvalue weighted by molar-refractivity contribution is 6.02. The zero-order valence-electron chi connectivity index (χ0n) is 17.5. The van der Waals surface area contributed by atoms with Gasteiger partial charge in [-0.25, -0.2) is 9.69 Å². The molecule has 2 heterocycles. The standard InChI is InChI=1S/C23H23N7O2/c31-21(11-12-22(32)29-14-13-20(26-29)16-5-2-1-3-6-16)24-18-8-4-7-17(15-18)23-25-27-28-30(23)19-9-10-19/h1-8,15,19H,9-14H2,(H,24,31). The molecule has 0 spiro atoms. The van der Waals surface area contributed by atoms with Crippen LogP contribution in [-0.2, 0) is 9.59 Å². The lowest BCUT2D eigenvalue weighted by molar-refractivity contribution is -0.132. The van der Waals surface area contributed by atoms with Crippen molar-refractivity contribution in [3.05, 3.63) is 60.2 Å². The van der Waals surface area contributed by atoms with Gasteiger partial charge in [0.25, 0.3) is 0 Å². The molecule has 2 aromatic carbocycles. The van der Waals surface area contributed by atoms with Gasteiger partial charge < -0.3 is 5.32 Å². The fourth-order valence-corrected chi connectivity index (χ4v) is 3.73. The molecule has 0 atom stereocenters. The minimum absolute atomic E-state index is 0.0928. The van der Waals surface area contributed by atoms with Crippen molar-refractivity contribution in [3.8, 4) is 11.4 Å². The zero-order chi connectivity index (χ0) is 21.9. The Kier molecular flexibility index (Phi) is 5.45. The van der Waals surface area contributed by atoms with Gasteiger partial charge in [0.2, 0.25) is 11.8 Å². The van der Waals surface area contributed by atoms with Crippen molar-refractivity contribution < 1.29 is 9.59 Å². The number of hydrazone groups is 1. The van der Waals surface area contributed by atoms with Gasteiger partial charge in [-0.05, 0) is 41.0 Å². The van der Waals surface area contributed by atoms with Gasteiger partial charge >= 0.3 is 0 Å². The van der Waals surface area contributed by atoms with E-state index in [2.05, 4.69) is 25.9 Å². The normalized spacial score (nSPS) is 15.5. The van der Waals surface area contributed by atoms with Crippen LogP contribution in [0.5, 0.6) is 0 Å². The van der Waals surface area contributed by atoms with Crippen LogP contribution in [0.1, 0.15) is 43.7 Å². The first-order chi connectivity index (χ1) is 15.7. The minimum atomic E-state index is -0.219. The molecule has 1 aliphatic carbocycles. The Morgan fingerprint density at radius 1 is 1.00 bits per heavy atom. The van der Waals surface area contributed by atoms with Gasteiger partial charge in [0, 0.05) is 30.5 Å². The van der Waals surface area contributed by atoms with Gasteiger partial charge in [-0.1, -0.05) is 42.5 Å². The molecule has 1 fully saturated rings. The van der Waals surface area contributed by atoms with Crippen LogP contribution in [0.2, 0.25) is 0 Å². The molecular weight excluding hydrogens is 406 g/mol. The molecule has 1 N–H and O–H groups in total. The van der Waals surface area contributed by atoms with E-state index in [0.717, 1.165) is 36.1 Å². The molecule has 0 unspecified atom stereocenters. The van der Waals surface area contributed by atoms with Crippen molar-refractivity contribution >= 4 is 23.2 Å². The number of carbonyl (C=O) groups is 2. The summed E-state index contributed by atoms with van der Waals surface area (Å²) in [4.78, 5) is 24.9. The Hall–Kier alpha value is -3.88. The largest absolute Gasteiger partial charge is 0.326 e. The lowest BCUT2D eigenvalue weighted by atomic mass is 10.1. The Bertz CT molecular complexity index is 1170. The number of benzene rings is 2. The van der Waals surface area contributed by atoms with E-state index in [0.29, 0.717) is 24.1 Å². The first-order valence-electron chi connectivity index (χ1n) is 10.8. The zero-order valence-corrected chi connectivity index (χ0v) is 17.5. The number of carbonyl (C=O) groups excluding carboxylic acids is 2. The molecule has 1 saturated carbocycles. The van der Waals surface area contributed by atoms with Gasteiger partial charge in [-0.15, -0.1) is 5.10 Å². The van der Waals surface area contributed by atoms with Crippen LogP contribution < -0.4 is 5.32 Å². The van der Waals surface area contributed by atoms with Crippen LogP contribution in [0.15, 0.2) is 59.7 Å². The number of amides is 2. The molecule has 3 aromatic rings. The fraction of sp³-hybridized carbons (Fsp3) is 0.304. The maximum absolute atomic E-state index is 12.5. The van der Waals surface area contributed by atoms with Crippen LogP contribution >= 0.6 is 0 Å². The van der Waals surface area contributed by atoms with Gasteiger partial charge in [-0.3, -0.25) is 9.59 Å². The molecule has 9 nitrogen and oxygen atoms in total. The summed E-state index contributed by atoms with van der Waals surface area (Å²) in [6, 6.07) is 17.6. The second-order valence-corrected chi connectivity index (χ2v) is 7.99. The quantitative estimate of drug-likeness (QED) is 0.621. The lowest BCUT2D eigenvalue weighted by Crippen LogP contribution is -2.25. The van der Waals surface area contributed by atoms with Crippen LogP contribution in [0.25, 0.3) is 11.4 Å². The first kappa shape index (κ1) is 20.0. The average Bonchev–Trinajstić information content (AvgIpc) is 3.34. The number of aromatic nitrogens is 4. The third-order valence-electron chi connectivity index (χ3n) is 5.55. The van der Waals surface area contributed by atoms with Crippen molar-refractivity contribution in [3.63, 3.8) is 0 Å². The minimum Gasteiger partial charge on any atom is -0.326 e. The summed E-state index contributed by atoms with van der Waals surface area (Å²) in [5.74, 6) is 0.326. The molecule has 9 heteroatoms. The van der Waals surface area contributed by atoms with Gasteiger partial charge in [0.15, 0.2) is 5.82 Å². The number of hydrogen-bond donors (Lipinski definition) is 1. The summed E-state index contributed by atoms with van der Waals surface area (Å²) in [7, 11) is 0. The molecule has 0 saturated heterocycles. The summed E-state index contributed by atoms with van der Waals surface area (Å²) < 4.78 is 1.83. The van der Waals surface area contributed by atoms with E-state index in [9.17, 15) is 9.59 Å². The van der Waals surface area contributed by atoms with Crippen molar-refractivity contribution in [2.24, 2.45) is 5.10 Å². The summed E-state index contributed by atoms with van der Waals surface area (Å²) >= 11 is 0. The van der Waals surface area contributed by atoms with E-state index < -0.39 is 0 Å². The van der Waals surface area contributed by atoms with E-state index in [4.69, 9.17) is 0 Å². The van der Waals surface area contributed by atoms with E-state index >= 15 is 0 Å². The predicted octanol–water partition coefficient (Wildman–Crippen LogP) is 3.03. The second kappa shape index (κ2) is 8.70.